The van der Waals surface area contributed by atoms with Crippen LogP contribution in [0.4, 0.5) is 0 Å². The van der Waals surface area contributed by atoms with Gasteiger partial charge < -0.3 is 15.3 Å². The number of H-pyrrole nitrogens is 1. The zero-order valence-electron chi connectivity index (χ0n) is 6.54. The summed E-state index contributed by atoms with van der Waals surface area (Å²) in [4.78, 5) is 14.8. The summed E-state index contributed by atoms with van der Waals surface area (Å²) in [5.74, 6) is 0. The minimum Gasteiger partial charge on any atom is -0.397 e. The fourth-order valence-electron chi connectivity index (χ4n) is 0.215. The van der Waals surface area contributed by atoms with E-state index in [1.165, 1.54) is 0 Å². The van der Waals surface area contributed by atoms with Gasteiger partial charge >= 0.3 is 0 Å². The van der Waals surface area contributed by atoms with Gasteiger partial charge in [0.15, 0.2) is 0 Å². The molecule has 0 fully saturated rings. The normalized spacial score (nSPS) is 6.83. The number of imidazole rings is 1. The van der Waals surface area contributed by atoms with E-state index < -0.39 is 5.09 Å². The molecule has 0 radical (unpaired) electrons. The molecule has 0 spiro atoms. The number of aromatic nitrogens is 2. The standard InChI is InChI=1S/C3H4N2.C2H6O.HNO3/c1-2-5-3-4-1;1-2-3;2-1(3)4/h1-3H,(H,4,5);3H,2H2,1H3;(H,2,3,4). The maximum absolute atomic E-state index is 8.36. The van der Waals surface area contributed by atoms with E-state index in [1.807, 2.05) is 0 Å². The summed E-state index contributed by atoms with van der Waals surface area (Å²) in [6.07, 6.45) is 5.08. The third-order valence-corrected chi connectivity index (χ3v) is 0.406. The molecule has 1 rings (SSSR count). The second-order valence-electron chi connectivity index (χ2n) is 1.31. The molecule has 0 aliphatic heterocycles. The number of rotatable bonds is 0. The van der Waals surface area contributed by atoms with Crippen LogP contribution >= 0.6 is 0 Å². The molecule has 0 unspecified atom stereocenters. The van der Waals surface area contributed by atoms with Crippen molar-refractivity contribution in [3.05, 3.63) is 28.8 Å². The summed E-state index contributed by atoms with van der Waals surface area (Å²) in [6.45, 7) is 1.93. The van der Waals surface area contributed by atoms with E-state index in [1.54, 1.807) is 25.6 Å². The number of hydrogen-bond acceptors (Lipinski definition) is 4. The molecule has 0 saturated heterocycles. The zero-order chi connectivity index (χ0) is 9.82. The summed E-state index contributed by atoms with van der Waals surface area (Å²) in [5, 5.41) is 21.2. The van der Waals surface area contributed by atoms with Crippen molar-refractivity contribution in [2.45, 2.75) is 6.92 Å². The molecule has 1 aromatic rings. The van der Waals surface area contributed by atoms with Crippen molar-refractivity contribution >= 4 is 0 Å². The Kier molecular flexibility index (Phi) is 13.1. The van der Waals surface area contributed by atoms with Gasteiger partial charge in [-0.1, -0.05) is 0 Å². The van der Waals surface area contributed by atoms with Gasteiger partial charge in [-0.05, 0) is 6.92 Å². The van der Waals surface area contributed by atoms with Gasteiger partial charge in [0.1, 0.15) is 0 Å². The molecule has 0 bridgehead atoms. The van der Waals surface area contributed by atoms with Crippen LogP contribution in [0.5, 0.6) is 0 Å². The van der Waals surface area contributed by atoms with E-state index in [-0.39, 0.29) is 6.61 Å². The Balaban J connectivity index is 0. The van der Waals surface area contributed by atoms with Gasteiger partial charge in [-0.3, -0.25) is 0 Å². The Labute approximate surface area is 68.8 Å². The largest absolute Gasteiger partial charge is 0.397 e. The summed E-state index contributed by atoms with van der Waals surface area (Å²) in [6, 6.07) is 0. The van der Waals surface area contributed by atoms with Gasteiger partial charge in [-0.25, -0.2) is 4.98 Å². The van der Waals surface area contributed by atoms with Crippen molar-refractivity contribution in [1.82, 2.24) is 9.97 Å². The van der Waals surface area contributed by atoms with Crippen LogP contribution in [-0.4, -0.2) is 32.0 Å². The molecule has 0 aromatic carbocycles. The van der Waals surface area contributed by atoms with E-state index in [2.05, 4.69) is 9.97 Å². The lowest BCUT2D eigenvalue weighted by Gasteiger charge is -1.56. The first-order chi connectivity index (χ1) is 5.65. The molecule has 0 atom stereocenters. The van der Waals surface area contributed by atoms with Crippen molar-refractivity contribution in [2.24, 2.45) is 0 Å². The van der Waals surface area contributed by atoms with E-state index in [4.69, 9.17) is 20.4 Å². The first-order valence-corrected chi connectivity index (χ1v) is 3.02. The summed E-state index contributed by atoms with van der Waals surface area (Å²) in [7, 11) is 0. The number of nitrogens with one attached hydrogen (secondary N) is 1. The van der Waals surface area contributed by atoms with Gasteiger partial charge in [0.05, 0.1) is 6.33 Å². The molecule has 7 nitrogen and oxygen atoms in total. The predicted molar refractivity (Wildman–Crippen MR) is 40.1 cm³/mol. The smallest absolute Gasteiger partial charge is 0.291 e. The predicted octanol–water partition coefficient (Wildman–Crippen LogP) is 0.0606. The molecular formula is C5H11N3O4. The van der Waals surface area contributed by atoms with Crippen molar-refractivity contribution in [3.63, 3.8) is 0 Å². The Morgan fingerprint density at radius 1 is 1.75 bits per heavy atom. The fourth-order valence-corrected chi connectivity index (χ4v) is 0.215. The molecule has 3 N–H and O–H groups in total. The minimum atomic E-state index is -1.50. The van der Waals surface area contributed by atoms with Gasteiger partial charge in [0, 0.05) is 19.0 Å². The first-order valence-electron chi connectivity index (χ1n) is 3.02. The molecule has 70 valence electrons. The third kappa shape index (κ3) is 40.0. The van der Waals surface area contributed by atoms with E-state index in [0.717, 1.165) is 0 Å². The molecular weight excluding hydrogens is 166 g/mol. The average Bonchev–Trinajstić information content (AvgIpc) is 2.40. The molecule has 7 heteroatoms. The van der Waals surface area contributed by atoms with Gasteiger partial charge in [-0.15, -0.1) is 10.1 Å². The number of hydrogen-bond donors (Lipinski definition) is 3. The number of nitrogens with zero attached hydrogens (tertiary/aromatic N) is 2. The highest BCUT2D eigenvalue weighted by Crippen LogP contribution is 1.62. The monoisotopic (exact) mass is 177 g/mol. The summed E-state index contributed by atoms with van der Waals surface area (Å²) < 4.78 is 0. The third-order valence-electron chi connectivity index (χ3n) is 0.406. The Hall–Kier alpha value is -1.63. The van der Waals surface area contributed by atoms with Crippen LogP contribution in [0.1, 0.15) is 6.92 Å². The first kappa shape index (κ1) is 13.0. The van der Waals surface area contributed by atoms with Crippen LogP contribution in [0.25, 0.3) is 0 Å². The van der Waals surface area contributed by atoms with Crippen molar-refractivity contribution in [1.29, 1.82) is 0 Å². The van der Waals surface area contributed by atoms with Crippen molar-refractivity contribution < 1.29 is 15.4 Å². The molecule has 0 aliphatic rings. The number of aliphatic hydroxyl groups excluding tert-OH is 1. The van der Waals surface area contributed by atoms with Gasteiger partial charge in [0.2, 0.25) is 0 Å². The average molecular weight is 177 g/mol. The van der Waals surface area contributed by atoms with Gasteiger partial charge in [0.25, 0.3) is 5.09 Å². The van der Waals surface area contributed by atoms with E-state index in [9.17, 15) is 0 Å². The van der Waals surface area contributed by atoms with Crippen LogP contribution in [0, 0.1) is 10.1 Å². The fraction of sp³-hybridized carbons (Fsp3) is 0.400. The lowest BCUT2D eigenvalue weighted by Crippen LogP contribution is -1.81. The van der Waals surface area contributed by atoms with Crippen LogP contribution < -0.4 is 0 Å². The SMILES string of the molecule is CCO.O=[N+]([O-])O.c1c[nH]cn1. The Morgan fingerprint density at radius 2 is 2.17 bits per heavy atom. The zero-order valence-corrected chi connectivity index (χ0v) is 6.54. The summed E-state index contributed by atoms with van der Waals surface area (Å²) >= 11 is 0. The van der Waals surface area contributed by atoms with E-state index >= 15 is 0 Å². The maximum Gasteiger partial charge on any atom is 0.291 e. The van der Waals surface area contributed by atoms with Crippen LogP contribution in [0.15, 0.2) is 18.7 Å². The molecule has 0 aliphatic carbocycles. The molecule has 1 heterocycles. The molecule has 0 saturated carbocycles. The Bertz CT molecular complexity index is 144. The van der Waals surface area contributed by atoms with Gasteiger partial charge in [-0.2, -0.15) is 0 Å². The lowest BCUT2D eigenvalue weighted by atomic mass is 10.9. The number of aliphatic hydroxyl groups is 1. The maximum atomic E-state index is 8.36. The Morgan fingerprint density at radius 3 is 2.25 bits per heavy atom. The topological polar surface area (TPSA) is 112 Å². The highest BCUT2D eigenvalue weighted by Gasteiger charge is 1.65. The molecule has 12 heavy (non-hydrogen) atoms. The minimum absolute atomic E-state index is 0.250. The van der Waals surface area contributed by atoms with Crippen LogP contribution in [0.3, 0.4) is 0 Å². The molecule has 1 aromatic heterocycles. The van der Waals surface area contributed by atoms with Crippen molar-refractivity contribution in [2.75, 3.05) is 6.61 Å². The van der Waals surface area contributed by atoms with Crippen molar-refractivity contribution in [3.8, 4) is 0 Å². The number of aromatic amines is 1. The van der Waals surface area contributed by atoms with Crippen LogP contribution in [0.2, 0.25) is 0 Å². The summed E-state index contributed by atoms with van der Waals surface area (Å²) in [5.41, 5.74) is 0. The highest BCUT2D eigenvalue weighted by atomic mass is 16.9. The quantitative estimate of drug-likeness (QED) is 0.383. The second kappa shape index (κ2) is 12.1. The highest BCUT2D eigenvalue weighted by molar-refractivity contribution is 4.64. The van der Waals surface area contributed by atoms with E-state index in [0.29, 0.717) is 0 Å². The van der Waals surface area contributed by atoms with Crippen LogP contribution in [-0.2, 0) is 0 Å². The lowest BCUT2D eigenvalue weighted by molar-refractivity contribution is -0.742. The second-order valence-corrected chi connectivity index (χ2v) is 1.31. The molecule has 0 amide bonds.